The summed E-state index contributed by atoms with van der Waals surface area (Å²) in [4.78, 5) is 19.1. The van der Waals surface area contributed by atoms with E-state index in [0.29, 0.717) is 36.2 Å². The Labute approximate surface area is 187 Å². The van der Waals surface area contributed by atoms with Crippen molar-refractivity contribution >= 4 is 11.6 Å². The third-order valence-electron chi connectivity index (χ3n) is 5.66. The monoisotopic (exact) mass is 435 g/mol. The van der Waals surface area contributed by atoms with Crippen molar-refractivity contribution in [2.45, 2.75) is 26.3 Å². The van der Waals surface area contributed by atoms with Crippen molar-refractivity contribution in [1.29, 1.82) is 0 Å². The highest BCUT2D eigenvalue weighted by Gasteiger charge is 2.22. The maximum atomic E-state index is 12.6. The molecule has 8 heteroatoms. The highest BCUT2D eigenvalue weighted by Crippen LogP contribution is 2.23. The van der Waals surface area contributed by atoms with Crippen molar-refractivity contribution in [3.8, 4) is 17.1 Å². The Balaban J connectivity index is 1.25. The quantitative estimate of drug-likeness (QED) is 0.559. The molecule has 0 unspecified atom stereocenters. The number of nitrogens with zero attached hydrogens (tertiary/aromatic N) is 3. The number of carbonyl (C=O) groups excluding carboxylic acids is 1. The number of ether oxygens (including phenoxy) is 1. The van der Waals surface area contributed by atoms with Gasteiger partial charge in [-0.3, -0.25) is 9.69 Å². The molecule has 0 atom stereocenters. The Morgan fingerprint density at radius 1 is 1.25 bits per heavy atom. The molecule has 0 spiro atoms. The SMILES string of the molecule is CCOc1ncc(N)cc1C(=O)NCC1CCN(Cc2cc(-c3ccccc3)no2)CC1. The first-order valence-electron chi connectivity index (χ1n) is 11.0. The van der Waals surface area contributed by atoms with Gasteiger partial charge in [0, 0.05) is 18.2 Å². The van der Waals surface area contributed by atoms with Gasteiger partial charge in [-0.25, -0.2) is 4.98 Å². The van der Waals surface area contributed by atoms with Gasteiger partial charge in [-0.2, -0.15) is 0 Å². The third-order valence-corrected chi connectivity index (χ3v) is 5.66. The minimum atomic E-state index is -0.203. The van der Waals surface area contributed by atoms with Crippen LogP contribution in [-0.2, 0) is 6.54 Å². The van der Waals surface area contributed by atoms with E-state index >= 15 is 0 Å². The van der Waals surface area contributed by atoms with Crippen LogP contribution in [0.4, 0.5) is 5.69 Å². The second-order valence-electron chi connectivity index (χ2n) is 8.03. The number of rotatable bonds is 8. The van der Waals surface area contributed by atoms with Crippen molar-refractivity contribution in [2.75, 3.05) is 32.0 Å². The first kappa shape index (κ1) is 21.8. The fraction of sp³-hybridized carbons (Fsp3) is 0.375. The normalized spacial score (nSPS) is 14.9. The number of hydrogen-bond donors (Lipinski definition) is 2. The van der Waals surface area contributed by atoms with Gasteiger partial charge in [0.05, 0.1) is 25.0 Å². The van der Waals surface area contributed by atoms with Crippen LogP contribution < -0.4 is 15.8 Å². The fourth-order valence-corrected chi connectivity index (χ4v) is 3.92. The molecule has 1 aromatic carbocycles. The van der Waals surface area contributed by atoms with Gasteiger partial charge >= 0.3 is 0 Å². The maximum Gasteiger partial charge on any atom is 0.256 e. The lowest BCUT2D eigenvalue weighted by Crippen LogP contribution is -2.38. The van der Waals surface area contributed by atoms with E-state index in [1.54, 1.807) is 6.07 Å². The summed E-state index contributed by atoms with van der Waals surface area (Å²) in [5.41, 5.74) is 8.53. The predicted octanol–water partition coefficient (Wildman–Crippen LogP) is 3.36. The Bertz CT molecular complexity index is 1030. The summed E-state index contributed by atoms with van der Waals surface area (Å²) < 4.78 is 11.0. The van der Waals surface area contributed by atoms with Gasteiger partial charge in [0.15, 0.2) is 5.76 Å². The van der Waals surface area contributed by atoms with Gasteiger partial charge < -0.3 is 20.3 Å². The highest BCUT2D eigenvalue weighted by molar-refractivity contribution is 5.97. The van der Waals surface area contributed by atoms with Crippen molar-refractivity contribution in [1.82, 2.24) is 20.4 Å². The molecule has 1 amide bonds. The zero-order chi connectivity index (χ0) is 22.3. The molecular weight excluding hydrogens is 406 g/mol. The van der Waals surface area contributed by atoms with Crippen molar-refractivity contribution < 1.29 is 14.1 Å². The summed E-state index contributed by atoms with van der Waals surface area (Å²) in [6.07, 6.45) is 3.51. The fourth-order valence-electron chi connectivity index (χ4n) is 3.92. The third kappa shape index (κ3) is 5.45. The van der Waals surface area contributed by atoms with Gasteiger partial charge in [-0.1, -0.05) is 35.5 Å². The number of nitrogen functional groups attached to an aromatic ring is 1. The average molecular weight is 436 g/mol. The molecule has 1 aliphatic rings. The molecule has 0 saturated carbocycles. The van der Waals surface area contributed by atoms with Crippen LogP contribution in [-0.4, -0.2) is 47.2 Å². The molecule has 1 aliphatic heterocycles. The van der Waals surface area contributed by atoms with Crippen LogP contribution in [0.5, 0.6) is 5.88 Å². The molecule has 168 valence electrons. The summed E-state index contributed by atoms with van der Waals surface area (Å²) in [7, 11) is 0. The minimum Gasteiger partial charge on any atom is -0.477 e. The number of hydrogen-bond acceptors (Lipinski definition) is 7. The zero-order valence-electron chi connectivity index (χ0n) is 18.3. The topological polar surface area (TPSA) is 107 Å². The van der Waals surface area contributed by atoms with E-state index < -0.39 is 0 Å². The summed E-state index contributed by atoms with van der Waals surface area (Å²) >= 11 is 0. The number of amides is 1. The van der Waals surface area contributed by atoms with Crippen LogP contribution in [0, 0.1) is 5.92 Å². The molecular formula is C24H29N5O3. The van der Waals surface area contributed by atoms with E-state index in [1.165, 1.54) is 6.20 Å². The molecule has 8 nitrogen and oxygen atoms in total. The van der Waals surface area contributed by atoms with Gasteiger partial charge in [0.1, 0.15) is 11.3 Å². The van der Waals surface area contributed by atoms with E-state index in [1.807, 2.05) is 43.3 Å². The molecule has 0 aliphatic carbocycles. The van der Waals surface area contributed by atoms with Crippen molar-refractivity contribution in [3.05, 3.63) is 60.0 Å². The second-order valence-corrected chi connectivity index (χ2v) is 8.03. The number of nitrogens with two attached hydrogens (primary N) is 1. The van der Waals surface area contributed by atoms with E-state index in [-0.39, 0.29) is 5.91 Å². The van der Waals surface area contributed by atoms with Gasteiger partial charge in [-0.15, -0.1) is 0 Å². The van der Waals surface area contributed by atoms with Crippen LogP contribution in [0.1, 0.15) is 35.9 Å². The molecule has 32 heavy (non-hydrogen) atoms. The van der Waals surface area contributed by atoms with E-state index in [4.69, 9.17) is 15.0 Å². The van der Waals surface area contributed by atoms with Crippen LogP contribution in [0.25, 0.3) is 11.3 Å². The van der Waals surface area contributed by atoms with Gasteiger partial charge in [0.25, 0.3) is 5.91 Å². The van der Waals surface area contributed by atoms with Gasteiger partial charge in [-0.05, 0) is 44.8 Å². The number of pyridine rings is 1. The second kappa shape index (κ2) is 10.3. The molecule has 1 saturated heterocycles. The minimum absolute atomic E-state index is 0.203. The lowest BCUT2D eigenvalue weighted by Gasteiger charge is -2.31. The smallest absolute Gasteiger partial charge is 0.256 e. The molecule has 2 aromatic heterocycles. The van der Waals surface area contributed by atoms with Crippen LogP contribution in [0.15, 0.2) is 53.2 Å². The van der Waals surface area contributed by atoms with E-state index in [2.05, 4.69) is 20.4 Å². The van der Waals surface area contributed by atoms with E-state index in [0.717, 1.165) is 49.5 Å². The number of anilines is 1. The van der Waals surface area contributed by atoms with Gasteiger partial charge in [0.2, 0.25) is 5.88 Å². The summed E-state index contributed by atoms with van der Waals surface area (Å²) in [6, 6.07) is 13.6. The molecule has 3 aromatic rings. The number of nitrogens with one attached hydrogen (secondary N) is 1. The zero-order valence-corrected chi connectivity index (χ0v) is 18.3. The van der Waals surface area contributed by atoms with Crippen LogP contribution >= 0.6 is 0 Å². The lowest BCUT2D eigenvalue weighted by molar-refractivity contribution is 0.0929. The molecule has 1 fully saturated rings. The Morgan fingerprint density at radius 3 is 2.78 bits per heavy atom. The summed E-state index contributed by atoms with van der Waals surface area (Å²) in [6.45, 7) is 5.55. The van der Waals surface area contributed by atoms with E-state index in [9.17, 15) is 4.79 Å². The predicted molar refractivity (Wildman–Crippen MR) is 122 cm³/mol. The molecule has 0 bridgehead atoms. The largest absolute Gasteiger partial charge is 0.477 e. The summed E-state index contributed by atoms with van der Waals surface area (Å²) in [5, 5.41) is 7.22. The van der Waals surface area contributed by atoms with Crippen molar-refractivity contribution in [2.24, 2.45) is 5.92 Å². The molecule has 4 rings (SSSR count). The molecule has 0 radical (unpaired) electrons. The Morgan fingerprint density at radius 2 is 2.03 bits per heavy atom. The lowest BCUT2D eigenvalue weighted by atomic mass is 9.96. The standard InChI is InChI=1S/C24H29N5O3/c1-2-31-24-21(12-19(25)15-27-24)23(30)26-14-17-8-10-29(11-9-17)16-20-13-22(28-32-20)18-6-4-3-5-7-18/h3-7,12-13,15,17H,2,8-11,14,16,25H2,1H3,(H,26,30). The Hall–Kier alpha value is -3.39. The number of piperidine rings is 1. The van der Waals surface area contributed by atoms with Crippen molar-refractivity contribution in [3.63, 3.8) is 0 Å². The van der Waals surface area contributed by atoms with Crippen LogP contribution in [0.2, 0.25) is 0 Å². The molecule has 3 N–H and O–H groups in total. The number of benzene rings is 1. The number of likely N-dealkylation sites (tertiary alicyclic amines) is 1. The number of aromatic nitrogens is 2. The van der Waals surface area contributed by atoms with Crippen LogP contribution in [0.3, 0.4) is 0 Å². The maximum absolute atomic E-state index is 12.6. The highest BCUT2D eigenvalue weighted by atomic mass is 16.5. The first-order valence-corrected chi connectivity index (χ1v) is 11.0. The molecule has 3 heterocycles. The summed E-state index contributed by atoms with van der Waals surface area (Å²) in [5.74, 6) is 1.41. The average Bonchev–Trinajstić information content (AvgIpc) is 3.29. The number of carbonyl (C=O) groups is 1. The Kier molecular flexibility index (Phi) is 7.01. The first-order chi connectivity index (χ1) is 15.6.